The van der Waals surface area contributed by atoms with E-state index in [1.165, 1.54) is 0 Å². The van der Waals surface area contributed by atoms with E-state index in [0.29, 0.717) is 0 Å². The van der Waals surface area contributed by atoms with Crippen molar-refractivity contribution in [2.45, 2.75) is 18.3 Å². The van der Waals surface area contributed by atoms with Crippen LogP contribution in [0.3, 0.4) is 0 Å². The average Bonchev–Trinajstić information content (AvgIpc) is 2.18. The quantitative estimate of drug-likeness (QED) is 0.598. The van der Waals surface area contributed by atoms with Crippen molar-refractivity contribution in [2.75, 3.05) is 41.5 Å². The molecule has 78 valence electrons. The molecule has 13 heavy (non-hydrogen) atoms. The highest BCUT2D eigenvalue weighted by Crippen LogP contribution is 2.27. The third-order valence-electron chi connectivity index (χ3n) is 2.79. The zero-order valence-electron chi connectivity index (χ0n) is 8.87. The normalized spacial score (nSPS) is 29.1. The molecule has 1 unspecified atom stereocenters. The fraction of sp³-hybridized carbons (Fsp3) is 1.00. The fourth-order valence-electron chi connectivity index (χ4n) is 1.83. The highest BCUT2D eigenvalue weighted by atomic mass is 16.7. The Balaban J connectivity index is 2.70. The first kappa shape index (κ1) is 10.9. The van der Waals surface area contributed by atoms with Crippen molar-refractivity contribution < 1.29 is 14.2 Å². The molecule has 4 heteroatoms. The number of ether oxygens (including phenoxy) is 3. The van der Waals surface area contributed by atoms with Gasteiger partial charge in [0, 0.05) is 40.8 Å². The van der Waals surface area contributed by atoms with E-state index in [9.17, 15) is 0 Å². The SMILES string of the molecule is COC1CN(C)CCC1(OC)OC. The van der Waals surface area contributed by atoms with E-state index in [1.54, 1.807) is 21.3 Å². The number of nitrogens with zero attached hydrogens (tertiary/aromatic N) is 1. The molecule has 0 bridgehead atoms. The zero-order chi connectivity index (χ0) is 9.90. The summed E-state index contributed by atoms with van der Waals surface area (Å²) in [6.07, 6.45) is 0.830. The summed E-state index contributed by atoms with van der Waals surface area (Å²) in [7, 11) is 7.10. The van der Waals surface area contributed by atoms with Gasteiger partial charge in [0.15, 0.2) is 5.79 Å². The van der Waals surface area contributed by atoms with Gasteiger partial charge in [0.25, 0.3) is 0 Å². The van der Waals surface area contributed by atoms with Crippen molar-refractivity contribution in [3.63, 3.8) is 0 Å². The Bertz CT molecular complexity index is 159. The minimum Gasteiger partial charge on any atom is -0.374 e. The van der Waals surface area contributed by atoms with Gasteiger partial charge in [-0.1, -0.05) is 0 Å². The van der Waals surface area contributed by atoms with Crippen LogP contribution >= 0.6 is 0 Å². The van der Waals surface area contributed by atoms with E-state index < -0.39 is 5.79 Å². The van der Waals surface area contributed by atoms with E-state index in [1.807, 2.05) is 0 Å². The van der Waals surface area contributed by atoms with Crippen molar-refractivity contribution in [1.82, 2.24) is 4.90 Å². The first-order valence-corrected chi connectivity index (χ1v) is 4.50. The van der Waals surface area contributed by atoms with Crippen LogP contribution in [-0.4, -0.2) is 58.3 Å². The molecule has 0 aromatic rings. The van der Waals surface area contributed by atoms with E-state index in [4.69, 9.17) is 14.2 Å². The van der Waals surface area contributed by atoms with Crippen LogP contribution in [0.1, 0.15) is 6.42 Å². The molecule has 4 nitrogen and oxygen atoms in total. The Labute approximate surface area is 79.8 Å². The number of piperidine rings is 1. The van der Waals surface area contributed by atoms with E-state index >= 15 is 0 Å². The molecule has 1 rings (SSSR count). The lowest BCUT2D eigenvalue weighted by Crippen LogP contribution is -2.57. The van der Waals surface area contributed by atoms with Crippen LogP contribution in [0.2, 0.25) is 0 Å². The third kappa shape index (κ3) is 2.02. The van der Waals surface area contributed by atoms with Gasteiger partial charge in [-0.2, -0.15) is 0 Å². The second kappa shape index (κ2) is 4.37. The maximum atomic E-state index is 5.41. The van der Waals surface area contributed by atoms with Crippen molar-refractivity contribution in [3.05, 3.63) is 0 Å². The Morgan fingerprint density at radius 3 is 2.31 bits per heavy atom. The molecule has 1 aliphatic heterocycles. The summed E-state index contributed by atoms with van der Waals surface area (Å²) in [5, 5.41) is 0. The van der Waals surface area contributed by atoms with Gasteiger partial charge in [-0.25, -0.2) is 0 Å². The monoisotopic (exact) mass is 189 g/mol. The van der Waals surface area contributed by atoms with Crippen LogP contribution in [0.5, 0.6) is 0 Å². The Morgan fingerprint density at radius 1 is 1.23 bits per heavy atom. The topological polar surface area (TPSA) is 30.9 Å². The predicted molar refractivity (Wildman–Crippen MR) is 49.7 cm³/mol. The van der Waals surface area contributed by atoms with Crippen molar-refractivity contribution in [2.24, 2.45) is 0 Å². The van der Waals surface area contributed by atoms with Gasteiger partial charge in [-0.15, -0.1) is 0 Å². The first-order valence-electron chi connectivity index (χ1n) is 4.50. The molecule has 1 aliphatic rings. The smallest absolute Gasteiger partial charge is 0.196 e. The van der Waals surface area contributed by atoms with Crippen molar-refractivity contribution in [3.8, 4) is 0 Å². The lowest BCUT2D eigenvalue weighted by atomic mass is 10.0. The molecule has 1 saturated heterocycles. The molecule has 0 aromatic carbocycles. The number of rotatable bonds is 3. The van der Waals surface area contributed by atoms with Crippen LogP contribution in [0.15, 0.2) is 0 Å². The van der Waals surface area contributed by atoms with Gasteiger partial charge in [0.2, 0.25) is 0 Å². The summed E-state index contributed by atoms with van der Waals surface area (Å²) >= 11 is 0. The molecule has 1 heterocycles. The van der Waals surface area contributed by atoms with E-state index in [2.05, 4.69) is 11.9 Å². The Morgan fingerprint density at radius 2 is 1.85 bits per heavy atom. The first-order chi connectivity index (χ1) is 6.18. The molecule has 0 aliphatic carbocycles. The summed E-state index contributed by atoms with van der Waals surface area (Å²) in [5.74, 6) is -0.554. The minimum absolute atomic E-state index is 0.0127. The van der Waals surface area contributed by atoms with Gasteiger partial charge in [0.05, 0.1) is 0 Å². The van der Waals surface area contributed by atoms with Crippen molar-refractivity contribution in [1.29, 1.82) is 0 Å². The number of likely N-dealkylation sites (N-methyl/N-ethyl adjacent to an activating group) is 1. The molecule has 0 saturated carbocycles. The van der Waals surface area contributed by atoms with Crippen LogP contribution in [0.4, 0.5) is 0 Å². The summed E-state index contributed by atoms with van der Waals surface area (Å²) in [5.41, 5.74) is 0. The summed E-state index contributed by atoms with van der Waals surface area (Å²) in [6.45, 7) is 1.82. The van der Waals surface area contributed by atoms with Crippen LogP contribution < -0.4 is 0 Å². The highest BCUT2D eigenvalue weighted by Gasteiger charge is 2.43. The summed E-state index contributed by atoms with van der Waals surface area (Å²) < 4.78 is 16.2. The van der Waals surface area contributed by atoms with Crippen molar-refractivity contribution >= 4 is 0 Å². The van der Waals surface area contributed by atoms with Gasteiger partial charge in [-0.3, -0.25) is 0 Å². The molecule has 1 atom stereocenters. The van der Waals surface area contributed by atoms with Crippen LogP contribution in [-0.2, 0) is 14.2 Å². The van der Waals surface area contributed by atoms with Gasteiger partial charge in [0.1, 0.15) is 6.10 Å². The molecular weight excluding hydrogens is 170 g/mol. The van der Waals surface area contributed by atoms with Gasteiger partial charge in [-0.05, 0) is 7.05 Å². The van der Waals surface area contributed by atoms with Crippen LogP contribution in [0, 0.1) is 0 Å². The third-order valence-corrected chi connectivity index (χ3v) is 2.79. The average molecular weight is 189 g/mol. The molecule has 1 fully saturated rings. The van der Waals surface area contributed by atoms with E-state index in [-0.39, 0.29) is 6.10 Å². The standard InChI is InChI=1S/C9H19NO3/c1-10-6-5-9(12-3,13-4)8(7-10)11-2/h8H,5-7H2,1-4H3. The Hall–Kier alpha value is -0.160. The minimum atomic E-state index is -0.554. The fourth-order valence-corrected chi connectivity index (χ4v) is 1.83. The Kier molecular flexibility index (Phi) is 3.67. The second-order valence-corrected chi connectivity index (χ2v) is 3.46. The molecule has 0 spiro atoms. The number of hydrogen-bond acceptors (Lipinski definition) is 4. The van der Waals surface area contributed by atoms with E-state index in [0.717, 1.165) is 19.5 Å². The molecule has 0 amide bonds. The molecule has 0 radical (unpaired) electrons. The van der Waals surface area contributed by atoms with Crippen LogP contribution in [0.25, 0.3) is 0 Å². The second-order valence-electron chi connectivity index (χ2n) is 3.46. The zero-order valence-corrected chi connectivity index (χ0v) is 8.87. The lowest BCUT2D eigenvalue weighted by Gasteiger charge is -2.43. The number of hydrogen-bond donors (Lipinski definition) is 0. The highest BCUT2D eigenvalue weighted by molar-refractivity contribution is 4.87. The molecule has 0 N–H and O–H groups in total. The predicted octanol–water partition coefficient (Wildman–Crippen LogP) is 0.326. The molecular formula is C9H19NO3. The van der Waals surface area contributed by atoms with Gasteiger partial charge < -0.3 is 19.1 Å². The summed E-state index contributed by atoms with van der Waals surface area (Å²) in [4.78, 5) is 2.21. The summed E-state index contributed by atoms with van der Waals surface area (Å²) in [6, 6.07) is 0. The number of methoxy groups -OCH3 is 3. The maximum absolute atomic E-state index is 5.41. The molecule has 0 aromatic heterocycles. The lowest BCUT2D eigenvalue weighted by molar-refractivity contribution is -0.282. The largest absolute Gasteiger partial charge is 0.374 e. The van der Waals surface area contributed by atoms with Gasteiger partial charge >= 0.3 is 0 Å². The number of likely N-dealkylation sites (tertiary alicyclic amines) is 1. The maximum Gasteiger partial charge on any atom is 0.196 e.